The summed E-state index contributed by atoms with van der Waals surface area (Å²) in [5.74, 6) is 3.14. The number of amides is 1. The van der Waals surface area contributed by atoms with Crippen LogP contribution in [0.2, 0.25) is 0 Å². The van der Waals surface area contributed by atoms with Gasteiger partial charge in [-0.2, -0.15) is 0 Å². The van der Waals surface area contributed by atoms with Gasteiger partial charge in [-0.25, -0.2) is 0 Å². The molecule has 2 N–H and O–H groups in total. The highest BCUT2D eigenvalue weighted by molar-refractivity contribution is 5.89. The quantitative estimate of drug-likeness (QED) is 0.821. The summed E-state index contributed by atoms with van der Waals surface area (Å²) in [6.07, 6.45) is 12.6. The van der Waals surface area contributed by atoms with Gasteiger partial charge < -0.3 is 10.4 Å². The molecule has 3 nitrogen and oxygen atoms in total. The number of hydrogen-bond acceptors (Lipinski definition) is 2. The van der Waals surface area contributed by atoms with Gasteiger partial charge in [0.05, 0.1) is 0 Å². The van der Waals surface area contributed by atoms with Crippen molar-refractivity contribution >= 4 is 5.91 Å². The number of carbonyl (C=O) groups excluding carboxylic acids is 1. The second kappa shape index (κ2) is 5.34. The van der Waals surface area contributed by atoms with Gasteiger partial charge in [0.2, 0.25) is 5.91 Å². The summed E-state index contributed by atoms with van der Waals surface area (Å²) in [7, 11) is 0. The van der Waals surface area contributed by atoms with Crippen LogP contribution >= 0.6 is 0 Å². The van der Waals surface area contributed by atoms with Gasteiger partial charge in [-0.15, -0.1) is 0 Å². The first-order valence-electron chi connectivity index (χ1n) is 9.59. The molecular weight excluding hydrogens is 286 g/mol. The molecule has 0 spiro atoms. The summed E-state index contributed by atoms with van der Waals surface area (Å²) in [4.78, 5) is 11.7. The molecule has 0 radical (unpaired) electrons. The molecule has 23 heavy (non-hydrogen) atoms. The predicted octanol–water partition coefficient (Wildman–Crippen LogP) is 3.28. The van der Waals surface area contributed by atoms with Gasteiger partial charge in [-0.1, -0.05) is 19.9 Å². The molecule has 0 aromatic rings. The average molecular weight is 317 g/mol. The van der Waals surface area contributed by atoms with Gasteiger partial charge in [0.15, 0.2) is 0 Å². The molecule has 3 aliphatic carbocycles. The van der Waals surface area contributed by atoms with Crippen molar-refractivity contribution in [2.45, 2.75) is 64.8 Å². The van der Waals surface area contributed by atoms with Crippen molar-refractivity contribution in [2.75, 3.05) is 6.61 Å². The van der Waals surface area contributed by atoms with Crippen LogP contribution in [0.15, 0.2) is 12.2 Å². The van der Waals surface area contributed by atoms with Gasteiger partial charge >= 0.3 is 0 Å². The second-order valence-electron chi connectivity index (χ2n) is 9.05. The largest absolute Gasteiger partial charge is 0.396 e. The lowest BCUT2D eigenvalue weighted by molar-refractivity contribution is -0.122. The van der Waals surface area contributed by atoms with Crippen LogP contribution in [0.25, 0.3) is 0 Å². The van der Waals surface area contributed by atoms with Gasteiger partial charge in [-0.05, 0) is 80.1 Å². The normalized spacial score (nSPS) is 51.6. The Labute approximate surface area is 139 Å². The first kappa shape index (κ1) is 15.7. The van der Waals surface area contributed by atoms with Crippen molar-refractivity contribution in [2.24, 2.45) is 34.5 Å². The SMILES string of the molecule is C[C@]12C=CC(=O)NC1CCC1C2CC[C@@]2(C)C1CC[C@@H]2CCO. The van der Waals surface area contributed by atoms with E-state index < -0.39 is 0 Å². The van der Waals surface area contributed by atoms with Crippen LogP contribution in [-0.4, -0.2) is 23.7 Å². The molecule has 0 aromatic carbocycles. The Morgan fingerprint density at radius 3 is 2.78 bits per heavy atom. The second-order valence-corrected chi connectivity index (χ2v) is 9.05. The minimum atomic E-state index is 0.0930. The zero-order valence-corrected chi connectivity index (χ0v) is 14.6. The van der Waals surface area contributed by atoms with Gasteiger partial charge in [0, 0.05) is 18.1 Å². The van der Waals surface area contributed by atoms with Crippen molar-refractivity contribution in [1.29, 1.82) is 0 Å². The highest BCUT2D eigenvalue weighted by Gasteiger charge is 2.59. The molecule has 0 aromatic heterocycles. The van der Waals surface area contributed by atoms with Gasteiger partial charge in [0.25, 0.3) is 0 Å². The van der Waals surface area contributed by atoms with E-state index in [0.717, 1.165) is 24.7 Å². The Bertz CT molecular complexity index is 530. The monoisotopic (exact) mass is 317 g/mol. The third kappa shape index (κ3) is 2.15. The molecule has 1 amide bonds. The lowest BCUT2D eigenvalue weighted by Gasteiger charge is -2.59. The third-order valence-corrected chi connectivity index (χ3v) is 8.36. The van der Waals surface area contributed by atoms with Crippen LogP contribution in [0.3, 0.4) is 0 Å². The fourth-order valence-corrected chi connectivity index (χ4v) is 7.07. The number of carbonyl (C=O) groups is 1. The van der Waals surface area contributed by atoms with Gasteiger partial charge in [-0.3, -0.25) is 4.79 Å². The molecule has 0 bridgehead atoms. The molecule has 4 aliphatic rings. The van der Waals surface area contributed by atoms with E-state index in [0.29, 0.717) is 29.9 Å². The van der Waals surface area contributed by atoms with E-state index in [1.54, 1.807) is 6.08 Å². The van der Waals surface area contributed by atoms with Crippen molar-refractivity contribution in [3.63, 3.8) is 0 Å². The maximum atomic E-state index is 11.7. The summed E-state index contributed by atoms with van der Waals surface area (Å²) in [5.41, 5.74) is 0.585. The van der Waals surface area contributed by atoms with E-state index in [1.807, 2.05) is 0 Å². The van der Waals surface area contributed by atoms with Crippen LogP contribution in [0, 0.1) is 34.5 Å². The molecule has 1 aliphatic heterocycles. The van der Waals surface area contributed by atoms with E-state index in [1.165, 1.54) is 32.1 Å². The zero-order valence-electron chi connectivity index (χ0n) is 14.6. The van der Waals surface area contributed by atoms with Crippen LogP contribution in [0.4, 0.5) is 0 Å². The van der Waals surface area contributed by atoms with Crippen molar-refractivity contribution in [3.05, 3.63) is 12.2 Å². The molecule has 0 saturated heterocycles. The van der Waals surface area contributed by atoms with Gasteiger partial charge in [0.1, 0.15) is 0 Å². The summed E-state index contributed by atoms with van der Waals surface area (Å²) in [5, 5.41) is 12.7. The molecule has 4 unspecified atom stereocenters. The standard InChI is InChI=1S/C20H31NO2/c1-19-10-7-16-14(15(19)5-3-13(19)9-12-22)4-6-17-20(16,2)11-8-18(23)21-17/h8,11,13-17,22H,3-7,9-10,12H2,1-2H3,(H,21,23)/t13-,14?,15?,16?,17?,19-,20-/m1/s1. The summed E-state index contributed by atoms with van der Waals surface area (Å²) >= 11 is 0. The maximum absolute atomic E-state index is 11.7. The van der Waals surface area contributed by atoms with E-state index in [9.17, 15) is 9.90 Å². The van der Waals surface area contributed by atoms with Crippen molar-refractivity contribution in [1.82, 2.24) is 5.32 Å². The van der Waals surface area contributed by atoms with Crippen LogP contribution in [0.1, 0.15) is 58.8 Å². The topological polar surface area (TPSA) is 49.3 Å². The number of aliphatic hydroxyl groups excluding tert-OH is 1. The fraction of sp³-hybridized carbons (Fsp3) is 0.850. The predicted molar refractivity (Wildman–Crippen MR) is 90.6 cm³/mol. The van der Waals surface area contributed by atoms with E-state index in [4.69, 9.17) is 0 Å². The molecule has 3 saturated carbocycles. The number of aliphatic hydroxyl groups is 1. The highest BCUT2D eigenvalue weighted by Crippen LogP contribution is 2.65. The lowest BCUT2D eigenvalue weighted by atomic mass is 9.48. The summed E-state index contributed by atoms with van der Waals surface area (Å²) in [6.45, 7) is 5.23. The third-order valence-electron chi connectivity index (χ3n) is 8.36. The smallest absolute Gasteiger partial charge is 0.243 e. The molecule has 3 fully saturated rings. The Morgan fingerprint density at radius 1 is 1.17 bits per heavy atom. The number of fused-ring (bicyclic) bond motifs is 5. The molecule has 7 atom stereocenters. The average Bonchev–Trinajstić information content (AvgIpc) is 2.85. The minimum absolute atomic E-state index is 0.0930. The van der Waals surface area contributed by atoms with Crippen molar-refractivity contribution in [3.8, 4) is 0 Å². The van der Waals surface area contributed by atoms with Crippen LogP contribution in [0.5, 0.6) is 0 Å². The summed E-state index contributed by atoms with van der Waals surface area (Å²) < 4.78 is 0. The maximum Gasteiger partial charge on any atom is 0.243 e. The first-order valence-corrected chi connectivity index (χ1v) is 9.59. The number of hydrogen-bond donors (Lipinski definition) is 2. The minimum Gasteiger partial charge on any atom is -0.396 e. The Kier molecular flexibility index (Phi) is 3.64. The van der Waals surface area contributed by atoms with Crippen LogP contribution in [-0.2, 0) is 4.79 Å². The number of rotatable bonds is 2. The Hall–Kier alpha value is -0.830. The Morgan fingerprint density at radius 2 is 2.00 bits per heavy atom. The highest BCUT2D eigenvalue weighted by atomic mass is 16.3. The molecule has 128 valence electrons. The van der Waals surface area contributed by atoms with Crippen molar-refractivity contribution < 1.29 is 9.90 Å². The zero-order chi connectivity index (χ0) is 16.2. The van der Waals surface area contributed by atoms with E-state index in [2.05, 4.69) is 25.2 Å². The first-order chi connectivity index (χ1) is 11.0. The molecular formula is C20H31NO2. The summed E-state index contributed by atoms with van der Waals surface area (Å²) in [6, 6.07) is 0.334. The lowest BCUT2D eigenvalue weighted by Crippen LogP contribution is -2.59. The molecule has 4 rings (SSSR count). The molecule has 3 heteroatoms. The Balaban J connectivity index is 1.63. The van der Waals surface area contributed by atoms with E-state index >= 15 is 0 Å². The van der Waals surface area contributed by atoms with Crippen LogP contribution < -0.4 is 5.32 Å². The molecule has 1 heterocycles. The van der Waals surface area contributed by atoms with E-state index in [-0.39, 0.29) is 11.3 Å². The number of nitrogens with one attached hydrogen (secondary N) is 1. The fourth-order valence-electron chi connectivity index (χ4n) is 7.07.